The highest BCUT2D eigenvalue weighted by Gasteiger charge is 2.19. The molecule has 18 heavy (non-hydrogen) atoms. The van der Waals surface area contributed by atoms with Crippen LogP contribution in [-0.4, -0.2) is 42.8 Å². The predicted molar refractivity (Wildman–Crippen MR) is 72.1 cm³/mol. The van der Waals surface area contributed by atoms with Gasteiger partial charge in [-0.3, -0.25) is 0 Å². The number of hydrogen-bond donors (Lipinski definition) is 1. The molecule has 100 valence electrons. The van der Waals surface area contributed by atoms with Crippen LogP contribution >= 0.6 is 0 Å². The van der Waals surface area contributed by atoms with E-state index in [0.29, 0.717) is 18.5 Å². The van der Waals surface area contributed by atoms with Gasteiger partial charge in [0.1, 0.15) is 0 Å². The molecule has 0 saturated carbocycles. The quantitative estimate of drug-likeness (QED) is 0.876. The smallest absolute Gasteiger partial charge is 0.228 e. The van der Waals surface area contributed by atoms with Gasteiger partial charge in [-0.1, -0.05) is 0 Å². The molecule has 0 bridgehead atoms. The summed E-state index contributed by atoms with van der Waals surface area (Å²) >= 11 is 0. The van der Waals surface area contributed by atoms with Gasteiger partial charge in [-0.2, -0.15) is 4.98 Å². The molecule has 1 aromatic heterocycles. The van der Waals surface area contributed by atoms with Crippen molar-refractivity contribution in [2.45, 2.75) is 32.2 Å². The lowest BCUT2D eigenvalue weighted by molar-refractivity contribution is 0.326. The van der Waals surface area contributed by atoms with Crippen LogP contribution in [0.25, 0.3) is 0 Å². The number of aromatic nitrogens is 2. The van der Waals surface area contributed by atoms with Gasteiger partial charge in [0, 0.05) is 25.4 Å². The third-order valence-corrected chi connectivity index (χ3v) is 3.32. The SMILES string of the molecule is CCOc1ccnc(N(C)C2CCCNCC2)n1. The van der Waals surface area contributed by atoms with E-state index >= 15 is 0 Å². The van der Waals surface area contributed by atoms with Crippen LogP contribution in [-0.2, 0) is 0 Å². The zero-order valence-corrected chi connectivity index (χ0v) is 11.2. The molecule has 1 aromatic rings. The Kier molecular flexibility index (Phi) is 4.75. The van der Waals surface area contributed by atoms with E-state index in [1.165, 1.54) is 12.8 Å². The van der Waals surface area contributed by atoms with Crippen LogP contribution in [0.15, 0.2) is 12.3 Å². The van der Waals surface area contributed by atoms with E-state index in [1.807, 2.05) is 6.92 Å². The molecule has 5 nitrogen and oxygen atoms in total. The highest BCUT2D eigenvalue weighted by atomic mass is 16.5. The van der Waals surface area contributed by atoms with Crippen LogP contribution in [0.4, 0.5) is 5.95 Å². The average molecular weight is 250 g/mol. The first-order chi connectivity index (χ1) is 8.81. The minimum Gasteiger partial charge on any atom is -0.478 e. The van der Waals surface area contributed by atoms with Crippen molar-refractivity contribution in [3.05, 3.63) is 12.3 Å². The predicted octanol–water partition coefficient (Wildman–Crippen LogP) is 1.45. The van der Waals surface area contributed by atoms with E-state index in [2.05, 4.69) is 27.2 Å². The summed E-state index contributed by atoms with van der Waals surface area (Å²) in [6.07, 6.45) is 5.30. The zero-order valence-electron chi connectivity index (χ0n) is 11.2. The maximum absolute atomic E-state index is 5.42. The third-order valence-electron chi connectivity index (χ3n) is 3.32. The Morgan fingerprint density at radius 1 is 1.44 bits per heavy atom. The summed E-state index contributed by atoms with van der Waals surface area (Å²) < 4.78 is 5.42. The lowest BCUT2D eigenvalue weighted by atomic mass is 10.1. The number of ether oxygens (including phenoxy) is 1. The molecule has 1 aliphatic heterocycles. The molecule has 0 amide bonds. The molecular formula is C13H22N4O. The van der Waals surface area contributed by atoms with Crippen molar-refractivity contribution in [1.82, 2.24) is 15.3 Å². The largest absolute Gasteiger partial charge is 0.478 e. The Hall–Kier alpha value is -1.36. The van der Waals surface area contributed by atoms with Crippen LogP contribution in [0.5, 0.6) is 5.88 Å². The molecule has 0 aromatic carbocycles. The van der Waals surface area contributed by atoms with Gasteiger partial charge in [-0.25, -0.2) is 4.98 Å². The Morgan fingerprint density at radius 3 is 3.17 bits per heavy atom. The summed E-state index contributed by atoms with van der Waals surface area (Å²) in [5, 5.41) is 3.42. The molecule has 0 aliphatic carbocycles. The average Bonchev–Trinajstić information content (AvgIpc) is 2.67. The molecule has 2 rings (SSSR count). The first kappa shape index (κ1) is 13.1. The lowest BCUT2D eigenvalue weighted by Gasteiger charge is -2.27. The van der Waals surface area contributed by atoms with Gasteiger partial charge in [0.05, 0.1) is 6.61 Å². The van der Waals surface area contributed by atoms with Gasteiger partial charge < -0.3 is 15.0 Å². The van der Waals surface area contributed by atoms with Crippen LogP contribution in [0, 0.1) is 0 Å². The van der Waals surface area contributed by atoms with E-state index in [-0.39, 0.29) is 0 Å². The molecule has 0 spiro atoms. The molecular weight excluding hydrogens is 228 g/mol. The van der Waals surface area contributed by atoms with E-state index in [0.717, 1.165) is 25.5 Å². The fourth-order valence-corrected chi connectivity index (χ4v) is 2.28. The van der Waals surface area contributed by atoms with Crippen molar-refractivity contribution in [2.24, 2.45) is 0 Å². The highest BCUT2D eigenvalue weighted by molar-refractivity contribution is 5.32. The van der Waals surface area contributed by atoms with Gasteiger partial charge in [0.25, 0.3) is 0 Å². The Balaban J connectivity index is 2.06. The van der Waals surface area contributed by atoms with Gasteiger partial charge in [-0.15, -0.1) is 0 Å². The van der Waals surface area contributed by atoms with Gasteiger partial charge in [0.15, 0.2) is 0 Å². The number of hydrogen-bond acceptors (Lipinski definition) is 5. The second-order valence-corrected chi connectivity index (χ2v) is 4.57. The molecule has 2 heterocycles. The topological polar surface area (TPSA) is 50.3 Å². The second kappa shape index (κ2) is 6.54. The summed E-state index contributed by atoms with van der Waals surface area (Å²) in [7, 11) is 2.07. The first-order valence-corrected chi connectivity index (χ1v) is 6.70. The minimum atomic E-state index is 0.511. The molecule has 1 N–H and O–H groups in total. The number of nitrogens with one attached hydrogen (secondary N) is 1. The molecule has 1 aliphatic rings. The highest BCUT2D eigenvalue weighted by Crippen LogP contribution is 2.18. The van der Waals surface area contributed by atoms with Crippen molar-refractivity contribution >= 4 is 5.95 Å². The zero-order chi connectivity index (χ0) is 12.8. The third kappa shape index (κ3) is 3.32. The monoisotopic (exact) mass is 250 g/mol. The Bertz CT molecular complexity index is 364. The summed E-state index contributed by atoms with van der Waals surface area (Å²) in [4.78, 5) is 11.0. The molecule has 1 atom stereocenters. The van der Waals surface area contributed by atoms with Gasteiger partial charge in [-0.05, 0) is 39.3 Å². The van der Waals surface area contributed by atoms with Crippen molar-refractivity contribution in [3.8, 4) is 5.88 Å². The normalized spacial score (nSPS) is 20.2. The molecule has 1 fully saturated rings. The fourth-order valence-electron chi connectivity index (χ4n) is 2.28. The second-order valence-electron chi connectivity index (χ2n) is 4.57. The van der Waals surface area contributed by atoms with Crippen LogP contribution in [0.2, 0.25) is 0 Å². The fraction of sp³-hybridized carbons (Fsp3) is 0.692. The van der Waals surface area contributed by atoms with Crippen molar-refractivity contribution < 1.29 is 4.74 Å². The van der Waals surface area contributed by atoms with E-state index < -0.39 is 0 Å². The standard InChI is InChI=1S/C13H22N4O/c1-3-18-12-7-10-15-13(16-12)17(2)11-5-4-8-14-9-6-11/h7,10-11,14H,3-6,8-9H2,1-2H3. The molecule has 0 radical (unpaired) electrons. The van der Waals surface area contributed by atoms with E-state index in [4.69, 9.17) is 4.74 Å². The summed E-state index contributed by atoms with van der Waals surface area (Å²) in [5.74, 6) is 1.41. The van der Waals surface area contributed by atoms with Gasteiger partial charge in [0.2, 0.25) is 11.8 Å². The summed E-state index contributed by atoms with van der Waals surface area (Å²) in [5.41, 5.74) is 0. The Labute approximate surface area is 109 Å². The maximum Gasteiger partial charge on any atom is 0.228 e. The van der Waals surface area contributed by atoms with E-state index in [1.54, 1.807) is 12.3 Å². The summed E-state index contributed by atoms with van der Waals surface area (Å²) in [6.45, 7) is 4.78. The van der Waals surface area contributed by atoms with Gasteiger partial charge >= 0.3 is 0 Å². The lowest BCUT2D eigenvalue weighted by Crippen LogP contribution is -2.33. The Morgan fingerprint density at radius 2 is 2.33 bits per heavy atom. The number of rotatable bonds is 4. The molecule has 5 heteroatoms. The van der Waals surface area contributed by atoms with Crippen molar-refractivity contribution in [3.63, 3.8) is 0 Å². The first-order valence-electron chi connectivity index (χ1n) is 6.70. The molecule has 1 unspecified atom stereocenters. The van der Waals surface area contributed by atoms with E-state index in [9.17, 15) is 0 Å². The minimum absolute atomic E-state index is 0.511. The van der Waals surface area contributed by atoms with Crippen molar-refractivity contribution in [1.29, 1.82) is 0 Å². The maximum atomic E-state index is 5.42. The summed E-state index contributed by atoms with van der Waals surface area (Å²) in [6, 6.07) is 2.31. The number of nitrogens with zero attached hydrogens (tertiary/aromatic N) is 3. The van der Waals surface area contributed by atoms with Crippen LogP contribution in [0.3, 0.4) is 0 Å². The number of anilines is 1. The van der Waals surface area contributed by atoms with Crippen molar-refractivity contribution in [2.75, 3.05) is 31.6 Å². The van der Waals surface area contributed by atoms with Crippen LogP contribution < -0.4 is 15.0 Å². The van der Waals surface area contributed by atoms with Crippen LogP contribution in [0.1, 0.15) is 26.2 Å². The molecule has 1 saturated heterocycles.